The molecular weight excluding hydrogens is 254 g/mol. The van der Waals surface area contributed by atoms with E-state index in [1.807, 2.05) is 0 Å². The first kappa shape index (κ1) is 14.1. The molecule has 0 aliphatic carbocycles. The minimum absolute atomic E-state index is 0.125. The predicted octanol–water partition coefficient (Wildman–Crippen LogP) is 1.79. The number of nitrogens with zero attached hydrogens (tertiary/aromatic N) is 1. The van der Waals surface area contributed by atoms with E-state index in [1.165, 1.54) is 24.3 Å². The monoisotopic (exact) mass is 263 g/mol. The Morgan fingerprint density at radius 2 is 1.68 bits per heavy atom. The molecule has 1 aromatic carbocycles. The molecule has 0 atom stereocenters. The predicted molar refractivity (Wildman–Crippen MR) is 66.4 cm³/mol. The molecule has 19 heavy (non-hydrogen) atoms. The average Bonchev–Trinajstić information content (AvgIpc) is 2.33. The lowest BCUT2D eigenvalue weighted by atomic mass is 10.1. The number of nitro benzene ring substituents is 1. The number of benzene rings is 1. The summed E-state index contributed by atoms with van der Waals surface area (Å²) in [5, 5.41) is 27.8. The highest BCUT2D eigenvalue weighted by molar-refractivity contribution is 5.87. The summed E-state index contributed by atoms with van der Waals surface area (Å²) >= 11 is 0. The second-order valence-electron chi connectivity index (χ2n) is 3.42. The number of rotatable bonds is 5. The normalized spacial score (nSPS) is 10.9. The maximum absolute atomic E-state index is 10.8. The maximum Gasteiger partial charge on any atom is 0.328 e. The second kappa shape index (κ2) is 6.10. The molecule has 7 heteroatoms. The first-order valence-electron chi connectivity index (χ1n) is 5.00. The number of carbonyl (C=O) groups is 2. The molecule has 98 valence electrons. The van der Waals surface area contributed by atoms with E-state index in [-0.39, 0.29) is 11.3 Å². The summed E-state index contributed by atoms with van der Waals surface area (Å²) in [5.41, 5.74) is 0.159. The van der Waals surface area contributed by atoms with Gasteiger partial charge in [0.05, 0.1) is 10.5 Å². The van der Waals surface area contributed by atoms with Crippen LogP contribution in [0.2, 0.25) is 0 Å². The molecule has 0 heterocycles. The van der Waals surface area contributed by atoms with Gasteiger partial charge in [-0.1, -0.05) is 6.07 Å². The van der Waals surface area contributed by atoms with E-state index in [9.17, 15) is 19.7 Å². The van der Waals surface area contributed by atoms with E-state index in [0.29, 0.717) is 5.56 Å². The van der Waals surface area contributed by atoms with Crippen molar-refractivity contribution >= 4 is 29.8 Å². The largest absolute Gasteiger partial charge is 0.478 e. The van der Waals surface area contributed by atoms with Gasteiger partial charge in [0.15, 0.2) is 0 Å². The van der Waals surface area contributed by atoms with E-state index >= 15 is 0 Å². The van der Waals surface area contributed by atoms with Crippen molar-refractivity contribution < 1.29 is 24.7 Å². The fraction of sp³-hybridized carbons (Fsp3) is 0. The van der Waals surface area contributed by atoms with Crippen LogP contribution in [0.3, 0.4) is 0 Å². The molecule has 0 unspecified atom stereocenters. The zero-order valence-electron chi connectivity index (χ0n) is 9.52. The van der Waals surface area contributed by atoms with Gasteiger partial charge in [0.25, 0.3) is 5.69 Å². The average molecular weight is 263 g/mol. The van der Waals surface area contributed by atoms with Crippen molar-refractivity contribution in [3.8, 4) is 0 Å². The molecule has 0 saturated heterocycles. The Balaban J connectivity index is 3.18. The molecule has 0 bridgehead atoms. The third kappa shape index (κ3) is 4.43. The van der Waals surface area contributed by atoms with Crippen LogP contribution < -0.4 is 0 Å². The van der Waals surface area contributed by atoms with Crippen LogP contribution >= 0.6 is 0 Å². The van der Waals surface area contributed by atoms with Gasteiger partial charge in [-0.3, -0.25) is 10.1 Å². The maximum atomic E-state index is 10.8. The SMILES string of the molecule is O=C(O)C=Cc1ccc(C=CC(=O)O)c([N+](=O)[O-])c1. The number of carboxylic acid groups (broad SMARTS) is 2. The molecule has 0 spiro atoms. The molecule has 0 fully saturated rings. The number of hydrogen-bond acceptors (Lipinski definition) is 4. The van der Waals surface area contributed by atoms with Crippen LogP contribution in [0.25, 0.3) is 12.2 Å². The van der Waals surface area contributed by atoms with Crippen molar-refractivity contribution in [3.05, 3.63) is 51.6 Å². The summed E-state index contributed by atoms with van der Waals surface area (Å²) in [6, 6.07) is 3.97. The van der Waals surface area contributed by atoms with Crippen LogP contribution in [0.15, 0.2) is 30.4 Å². The molecule has 0 radical (unpaired) electrons. The molecular formula is C12H9NO6. The molecule has 0 aliphatic rings. The highest BCUT2D eigenvalue weighted by atomic mass is 16.6. The van der Waals surface area contributed by atoms with Crippen LogP contribution in [0.5, 0.6) is 0 Å². The summed E-state index contributed by atoms with van der Waals surface area (Å²) in [6.45, 7) is 0. The van der Waals surface area contributed by atoms with Crippen LogP contribution in [0.4, 0.5) is 5.69 Å². The van der Waals surface area contributed by atoms with Crippen LogP contribution in [0, 0.1) is 10.1 Å². The molecule has 0 amide bonds. The first-order chi connectivity index (χ1) is 8.90. The number of hydrogen-bond donors (Lipinski definition) is 2. The fourth-order valence-corrected chi connectivity index (χ4v) is 1.29. The number of nitro groups is 1. The zero-order chi connectivity index (χ0) is 14.4. The summed E-state index contributed by atoms with van der Waals surface area (Å²) < 4.78 is 0. The van der Waals surface area contributed by atoms with E-state index in [0.717, 1.165) is 18.2 Å². The summed E-state index contributed by atoms with van der Waals surface area (Å²) in [5.74, 6) is -2.39. The highest BCUT2D eigenvalue weighted by Crippen LogP contribution is 2.22. The Bertz CT molecular complexity index is 588. The Hall–Kier alpha value is -2.96. The van der Waals surface area contributed by atoms with Gasteiger partial charge < -0.3 is 10.2 Å². The minimum atomic E-state index is -1.22. The van der Waals surface area contributed by atoms with Gasteiger partial charge in [-0.25, -0.2) is 9.59 Å². The summed E-state index contributed by atoms with van der Waals surface area (Å²) in [6.07, 6.45) is 3.95. The topological polar surface area (TPSA) is 118 Å². The van der Waals surface area contributed by atoms with Gasteiger partial charge in [-0.15, -0.1) is 0 Å². The zero-order valence-corrected chi connectivity index (χ0v) is 9.52. The summed E-state index contributed by atoms with van der Waals surface area (Å²) in [7, 11) is 0. The second-order valence-corrected chi connectivity index (χ2v) is 3.42. The smallest absolute Gasteiger partial charge is 0.328 e. The van der Waals surface area contributed by atoms with Crippen molar-refractivity contribution in [2.75, 3.05) is 0 Å². The van der Waals surface area contributed by atoms with Crippen molar-refractivity contribution in [1.82, 2.24) is 0 Å². The van der Waals surface area contributed by atoms with Gasteiger partial charge in [0.1, 0.15) is 0 Å². The number of aliphatic carboxylic acids is 2. The quantitative estimate of drug-likeness (QED) is 0.475. The van der Waals surface area contributed by atoms with Crippen molar-refractivity contribution in [2.45, 2.75) is 0 Å². The van der Waals surface area contributed by atoms with Gasteiger partial charge in [0, 0.05) is 18.2 Å². The third-order valence-electron chi connectivity index (χ3n) is 2.08. The standard InChI is InChI=1S/C12H9NO6/c14-11(15)5-2-8-1-3-9(4-6-12(16)17)10(7-8)13(18)19/h1-7H,(H,14,15)(H,16,17). The fourth-order valence-electron chi connectivity index (χ4n) is 1.29. The van der Waals surface area contributed by atoms with Crippen LogP contribution in [-0.2, 0) is 9.59 Å². The molecule has 2 N–H and O–H groups in total. The van der Waals surface area contributed by atoms with Gasteiger partial charge in [0.2, 0.25) is 0 Å². The van der Waals surface area contributed by atoms with Crippen LogP contribution in [0.1, 0.15) is 11.1 Å². The molecule has 0 aliphatic heterocycles. The Labute approximate surface area is 107 Å². The summed E-state index contributed by atoms with van der Waals surface area (Å²) in [4.78, 5) is 30.9. The van der Waals surface area contributed by atoms with Crippen molar-refractivity contribution in [2.24, 2.45) is 0 Å². The Kier molecular flexibility index (Phi) is 4.53. The van der Waals surface area contributed by atoms with E-state index in [4.69, 9.17) is 10.2 Å². The van der Waals surface area contributed by atoms with E-state index in [1.54, 1.807) is 0 Å². The molecule has 0 aromatic heterocycles. The molecule has 7 nitrogen and oxygen atoms in total. The number of carboxylic acids is 2. The molecule has 1 aromatic rings. The molecule has 0 saturated carbocycles. The van der Waals surface area contributed by atoms with Crippen molar-refractivity contribution in [3.63, 3.8) is 0 Å². The minimum Gasteiger partial charge on any atom is -0.478 e. The first-order valence-corrected chi connectivity index (χ1v) is 5.00. The lowest BCUT2D eigenvalue weighted by Crippen LogP contribution is -1.94. The van der Waals surface area contributed by atoms with Crippen molar-refractivity contribution in [1.29, 1.82) is 0 Å². The lowest BCUT2D eigenvalue weighted by molar-refractivity contribution is -0.385. The van der Waals surface area contributed by atoms with Crippen LogP contribution in [-0.4, -0.2) is 27.1 Å². The Morgan fingerprint density at radius 3 is 2.21 bits per heavy atom. The van der Waals surface area contributed by atoms with Gasteiger partial charge >= 0.3 is 11.9 Å². The highest BCUT2D eigenvalue weighted by Gasteiger charge is 2.12. The Morgan fingerprint density at radius 1 is 1.11 bits per heavy atom. The lowest BCUT2D eigenvalue weighted by Gasteiger charge is -1.99. The van der Waals surface area contributed by atoms with E-state index < -0.39 is 16.9 Å². The van der Waals surface area contributed by atoms with Gasteiger partial charge in [-0.2, -0.15) is 0 Å². The van der Waals surface area contributed by atoms with E-state index in [2.05, 4.69) is 0 Å². The molecule has 1 rings (SSSR count). The van der Waals surface area contributed by atoms with Gasteiger partial charge in [-0.05, 0) is 23.8 Å². The third-order valence-corrected chi connectivity index (χ3v) is 2.08.